The van der Waals surface area contributed by atoms with Crippen LogP contribution in [0.15, 0.2) is 59.1 Å². The summed E-state index contributed by atoms with van der Waals surface area (Å²) in [6, 6.07) is 0. The van der Waals surface area contributed by atoms with Crippen LogP contribution in [-0.4, -0.2) is 39.6 Å². The van der Waals surface area contributed by atoms with E-state index in [1.807, 2.05) is 24.3 Å². The van der Waals surface area contributed by atoms with Crippen molar-refractivity contribution in [3.63, 3.8) is 0 Å². The zero-order valence-corrected chi connectivity index (χ0v) is 12.3. The summed E-state index contributed by atoms with van der Waals surface area (Å²) in [7, 11) is 0. The summed E-state index contributed by atoms with van der Waals surface area (Å²) in [5.74, 6) is 0. The first-order chi connectivity index (χ1) is 10.4. The molecule has 0 radical (unpaired) electrons. The van der Waals surface area contributed by atoms with E-state index in [9.17, 15) is 0 Å². The minimum absolute atomic E-state index is 0.616. The molecule has 0 saturated heterocycles. The van der Waals surface area contributed by atoms with Crippen molar-refractivity contribution in [2.75, 3.05) is 39.6 Å². The van der Waals surface area contributed by atoms with E-state index in [4.69, 9.17) is 14.2 Å². The van der Waals surface area contributed by atoms with Crippen molar-refractivity contribution < 1.29 is 14.2 Å². The van der Waals surface area contributed by atoms with Gasteiger partial charge in [0.15, 0.2) is 0 Å². The lowest BCUT2D eigenvalue weighted by Gasteiger charge is -2.06. The molecular weight excluding hydrogens is 264 g/mol. The van der Waals surface area contributed by atoms with E-state index < -0.39 is 0 Å². The quantitative estimate of drug-likeness (QED) is 0.407. The molecule has 0 amide bonds. The molecule has 2 aliphatic rings. The van der Waals surface area contributed by atoms with Crippen LogP contribution in [0.4, 0.5) is 0 Å². The van der Waals surface area contributed by atoms with Crippen LogP contribution in [0.3, 0.4) is 0 Å². The first kappa shape index (κ1) is 15.8. The highest BCUT2D eigenvalue weighted by atomic mass is 16.5. The second kappa shape index (κ2) is 10.2. The highest BCUT2D eigenvalue weighted by molar-refractivity contribution is 5.29. The summed E-state index contributed by atoms with van der Waals surface area (Å²) < 4.78 is 16.4. The van der Waals surface area contributed by atoms with Gasteiger partial charge in [-0.1, -0.05) is 24.3 Å². The fourth-order valence-electron chi connectivity index (χ4n) is 1.95. The summed E-state index contributed by atoms with van der Waals surface area (Å²) in [5.41, 5.74) is 8.70. The molecule has 3 heteroatoms. The molecule has 0 N–H and O–H groups in total. The van der Waals surface area contributed by atoms with Crippen molar-refractivity contribution in [1.82, 2.24) is 0 Å². The number of hydrogen-bond acceptors (Lipinski definition) is 3. The Morgan fingerprint density at radius 2 is 1.05 bits per heavy atom. The van der Waals surface area contributed by atoms with Crippen LogP contribution < -0.4 is 0 Å². The van der Waals surface area contributed by atoms with E-state index in [0.717, 1.165) is 26.1 Å². The van der Waals surface area contributed by atoms with Crippen molar-refractivity contribution in [1.29, 1.82) is 0 Å². The molecule has 112 valence electrons. The van der Waals surface area contributed by atoms with Crippen LogP contribution in [0.2, 0.25) is 0 Å². The van der Waals surface area contributed by atoms with Crippen LogP contribution in [-0.2, 0) is 14.2 Å². The van der Waals surface area contributed by atoms with Gasteiger partial charge in [0.1, 0.15) is 0 Å². The largest absolute Gasteiger partial charge is 0.379 e. The molecule has 0 atom stereocenters. The maximum Gasteiger partial charge on any atom is 0.0701 e. The van der Waals surface area contributed by atoms with Crippen molar-refractivity contribution >= 4 is 0 Å². The molecule has 0 aromatic heterocycles. The predicted octanol–water partition coefficient (Wildman–Crippen LogP) is 3.12. The van der Waals surface area contributed by atoms with Crippen LogP contribution in [0.1, 0.15) is 12.8 Å². The molecule has 0 fully saturated rings. The first-order valence-corrected chi connectivity index (χ1v) is 7.43. The minimum atomic E-state index is 0.616. The number of rotatable bonds is 12. The van der Waals surface area contributed by atoms with Crippen molar-refractivity contribution in [2.24, 2.45) is 0 Å². The highest BCUT2D eigenvalue weighted by Crippen LogP contribution is 2.07. The van der Waals surface area contributed by atoms with Crippen molar-refractivity contribution in [3.05, 3.63) is 59.1 Å². The van der Waals surface area contributed by atoms with Crippen molar-refractivity contribution in [2.45, 2.75) is 12.8 Å². The van der Waals surface area contributed by atoms with Gasteiger partial charge in [-0.3, -0.25) is 0 Å². The molecule has 0 aliphatic heterocycles. The maximum absolute atomic E-state index is 5.49. The lowest BCUT2D eigenvalue weighted by atomic mass is 10.2. The van der Waals surface area contributed by atoms with Crippen LogP contribution in [0.25, 0.3) is 0 Å². The van der Waals surface area contributed by atoms with Crippen LogP contribution >= 0.6 is 0 Å². The first-order valence-electron chi connectivity index (χ1n) is 7.43. The van der Waals surface area contributed by atoms with Gasteiger partial charge in [0, 0.05) is 12.8 Å². The average molecular weight is 286 g/mol. The van der Waals surface area contributed by atoms with Crippen LogP contribution in [0, 0.1) is 0 Å². The Hall–Kier alpha value is -1.60. The maximum atomic E-state index is 5.49. The van der Waals surface area contributed by atoms with Gasteiger partial charge in [0.2, 0.25) is 0 Å². The fourth-order valence-corrected chi connectivity index (χ4v) is 1.95. The number of ether oxygens (including phenoxy) is 3. The molecule has 3 nitrogen and oxygen atoms in total. The standard InChI is InChI=1S/C18H22O3/c1-2-6-17(5-1)9-11-19-13-15-21-16-14-20-12-10-18-7-3-4-8-18/h1-5,7H,9-16H2. The Morgan fingerprint density at radius 1 is 0.619 bits per heavy atom. The smallest absolute Gasteiger partial charge is 0.0701 e. The molecule has 21 heavy (non-hydrogen) atoms. The monoisotopic (exact) mass is 286 g/mol. The van der Waals surface area contributed by atoms with Gasteiger partial charge in [-0.15, -0.1) is 11.5 Å². The highest BCUT2D eigenvalue weighted by Gasteiger charge is 1.97. The fraction of sp³-hybridized carbons (Fsp3) is 0.444. The molecule has 2 aliphatic carbocycles. The molecule has 0 saturated carbocycles. The summed E-state index contributed by atoms with van der Waals surface area (Å²) in [6.45, 7) is 3.93. The predicted molar refractivity (Wildman–Crippen MR) is 83.2 cm³/mol. The number of hydrogen-bond donors (Lipinski definition) is 0. The molecule has 2 rings (SSSR count). The topological polar surface area (TPSA) is 27.7 Å². The summed E-state index contributed by atoms with van der Waals surface area (Å²) in [4.78, 5) is 0. The Bertz CT molecular complexity index is 453. The third-order valence-corrected chi connectivity index (χ3v) is 3.10. The van der Waals surface area contributed by atoms with E-state index in [2.05, 4.69) is 23.6 Å². The molecule has 0 spiro atoms. The van der Waals surface area contributed by atoms with Gasteiger partial charge in [-0.05, 0) is 23.3 Å². The average Bonchev–Trinajstić information content (AvgIpc) is 3.18. The third-order valence-electron chi connectivity index (χ3n) is 3.10. The zero-order chi connectivity index (χ0) is 14.6. The molecular formula is C18H22O3. The van der Waals surface area contributed by atoms with Gasteiger partial charge >= 0.3 is 0 Å². The van der Waals surface area contributed by atoms with E-state index >= 15 is 0 Å². The lowest BCUT2D eigenvalue weighted by molar-refractivity contribution is 0.0158. The van der Waals surface area contributed by atoms with E-state index in [0.29, 0.717) is 26.4 Å². The summed E-state index contributed by atoms with van der Waals surface area (Å²) >= 11 is 0. The third kappa shape index (κ3) is 7.10. The van der Waals surface area contributed by atoms with Crippen molar-refractivity contribution in [3.8, 4) is 0 Å². The molecule has 0 unspecified atom stereocenters. The van der Waals surface area contributed by atoms with Gasteiger partial charge in [-0.2, -0.15) is 0 Å². The van der Waals surface area contributed by atoms with Gasteiger partial charge in [-0.25, -0.2) is 0 Å². The second-order valence-electron chi connectivity index (χ2n) is 4.73. The minimum Gasteiger partial charge on any atom is -0.379 e. The molecule has 0 bridgehead atoms. The SMILES string of the molecule is C1=CC=CC=1CCOCCOCCOCCC1=C=CC=C1. The normalized spacial score (nSPS) is 15.0. The summed E-state index contributed by atoms with van der Waals surface area (Å²) in [6.07, 6.45) is 13.8. The van der Waals surface area contributed by atoms with Crippen LogP contribution in [0.5, 0.6) is 0 Å². The molecule has 0 heterocycles. The molecule has 0 aromatic carbocycles. The second-order valence-corrected chi connectivity index (χ2v) is 4.73. The Kier molecular flexibility index (Phi) is 7.65. The van der Waals surface area contributed by atoms with Gasteiger partial charge in [0.05, 0.1) is 39.6 Å². The van der Waals surface area contributed by atoms with Gasteiger partial charge < -0.3 is 14.2 Å². The van der Waals surface area contributed by atoms with E-state index in [1.165, 1.54) is 11.1 Å². The summed E-state index contributed by atoms with van der Waals surface area (Å²) in [5, 5.41) is 0. The Labute approximate surface area is 126 Å². The lowest BCUT2D eigenvalue weighted by Crippen LogP contribution is -2.10. The number of allylic oxidation sites excluding steroid dienone is 4. The van der Waals surface area contributed by atoms with E-state index in [-0.39, 0.29) is 0 Å². The molecule has 0 aromatic rings. The Morgan fingerprint density at radius 3 is 1.43 bits per heavy atom. The van der Waals surface area contributed by atoms with E-state index in [1.54, 1.807) is 0 Å². The van der Waals surface area contributed by atoms with Gasteiger partial charge in [0.25, 0.3) is 0 Å². The zero-order valence-electron chi connectivity index (χ0n) is 12.3. The Balaban J connectivity index is 1.31.